The van der Waals surface area contributed by atoms with Gasteiger partial charge in [0.1, 0.15) is 0 Å². The first-order valence-corrected chi connectivity index (χ1v) is 10.1. The molecule has 6 heteroatoms. The van der Waals surface area contributed by atoms with Crippen LogP contribution in [0.5, 0.6) is 0 Å². The highest BCUT2D eigenvalue weighted by molar-refractivity contribution is 8.02. The van der Waals surface area contributed by atoms with Gasteiger partial charge in [-0.05, 0) is 43.5 Å². The summed E-state index contributed by atoms with van der Waals surface area (Å²) in [5.74, 6) is 0.118. The van der Waals surface area contributed by atoms with Crippen molar-refractivity contribution < 1.29 is 4.79 Å². The molecule has 0 bridgehead atoms. The van der Waals surface area contributed by atoms with E-state index in [9.17, 15) is 4.79 Å². The van der Waals surface area contributed by atoms with Gasteiger partial charge in [-0.15, -0.1) is 10.2 Å². The molecule has 3 rings (SSSR count). The molecule has 134 valence electrons. The number of benzene rings is 2. The lowest BCUT2D eigenvalue weighted by molar-refractivity contribution is 0.0994. The van der Waals surface area contributed by atoms with Gasteiger partial charge < -0.3 is 5.32 Å². The van der Waals surface area contributed by atoms with Crippen LogP contribution in [-0.2, 0) is 6.54 Å². The molecule has 0 saturated heterocycles. The standard InChI is InChI=1S/C20H21N3OS2/c1-13-9-10-17(11-14(13)2)18(24)15(3)25-20-23-22-19(26-20)21-12-16-7-5-4-6-8-16/h4-11,15H,12H2,1-3H3,(H,21,22)/t15-/m0/s1. The molecule has 0 fully saturated rings. The molecule has 0 saturated carbocycles. The minimum absolute atomic E-state index is 0.118. The van der Waals surface area contributed by atoms with E-state index in [4.69, 9.17) is 0 Å². The topological polar surface area (TPSA) is 54.9 Å². The summed E-state index contributed by atoms with van der Waals surface area (Å²) < 4.78 is 0.797. The molecule has 4 nitrogen and oxygen atoms in total. The first-order chi connectivity index (χ1) is 12.5. The Kier molecular flexibility index (Phi) is 6.06. The van der Waals surface area contributed by atoms with Crippen LogP contribution in [0.1, 0.15) is 34.0 Å². The van der Waals surface area contributed by atoms with Gasteiger partial charge in [-0.2, -0.15) is 0 Å². The lowest BCUT2D eigenvalue weighted by atomic mass is 10.0. The lowest BCUT2D eigenvalue weighted by Crippen LogP contribution is -2.13. The van der Waals surface area contributed by atoms with Crippen LogP contribution in [0.2, 0.25) is 0 Å². The van der Waals surface area contributed by atoms with Crippen LogP contribution >= 0.6 is 23.1 Å². The van der Waals surface area contributed by atoms with Gasteiger partial charge in [-0.3, -0.25) is 4.79 Å². The van der Waals surface area contributed by atoms with Crippen LogP contribution in [0.3, 0.4) is 0 Å². The molecule has 0 aliphatic rings. The molecule has 26 heavy (non-hydrogen) atoms. The third-order valence-corrected chi connectivity index (χ3v) is 6.20. The summed E-state index contributed by atoms with van der Waals surface area (Å²) in [5.41, 5.74) is 4.27. The van der Waals surface area contributed by atoms with E-state index in [1.54, 1.807) is 0 Å². The summed E-state index contributed by atoms with van der Waals surface area (Å²) in [6.07, 6.45) is 0. The maximum absolute atomic E-state index is 12.7. The number of carbonyl (C=O) groups is 1. The van der Waals surface area contributed by atoms with Gasteiger partial charge >= 0.3 is 0 Å². The second-order valence-corrected chi connectivity index (χ2v) is 8.70. The zero-order chi connectivity index (χ0) is 18.5. The Labute approximate surface area is 162 Å². The lowest BCUT2D eigenvalue weighted by Gasteiger charge is -2.09. The largest absolute Gasteiger partial charge is 0.356 e. The zero-order valence-corrected chi connectivity index (χ0v) is 16.7. The molecular weight excluding hydrogens is 362 g/mol. The Morgan fingerprint density at radius 2 is 1.88 bits per heavy atom. The van der Waals surface area contributed by atoms with E-state index in [-0.39, 0.29) is 11.0 Å². The van der Waals surface area contributed by atoms with Crippen molar-refractivity contribution >= 4 is 34.0 Å². The third kappa shape index (κ3) is 4.71. The van der Waals surface area contributed by atoms with Gasteiger partial charge in [0, 0.05) is 12.1 Å². The number of aromatic nitrogens is 2. The van der Waals surface area contributed by atoms with Crippen LogP contribution in [-0.4, -0.2) is 21.2 Å². The Balaban J connectivity index is 1.59. The van der Waals surface area contributed by atoms with Crippen molar-refractivity contribution in [3.63, 3.8) is 0 Å². The number of nitrogens with one attached hydrogen (secondary N) is 1. The molecule has 1 N–H and O–H groups in total. The molecule has 2 aromatic carbocycles. The summed E-state index contributed by atoms with van der Waals surface area (Å²) in [6.45, 7) is 6.70. The predicted octanol–water partition coefficient (Wildman–Crippen LogP) is 5.13. The van der Waals surface area contributed by atoms with Crippen molar-refractivity contribution in [3.8, 4) is 0 Å². The first kappa shape index (κ1) is 18.6. The van der Waals surface area contributed by atoms with Crippen LogP contribution in [0.15, 0.2) is 52.9 Å². The average Bonchev–Trinajstić information content (AvgIpc) is 3.10. The van der Waals surface area contributed by atoms with Gasteiger partial charge in [-0.1, -0.05) is 65.6 Å². The summed E-state index contributed by atoms with van der Waals surface area (Å²) in [6, 6.07) is 16.0. The number of thioether (sulfide) groups is 1. The fraction of sp³-hybridized carbons (Fsp3) is 0.250. The van der Waals surface area contributed by atoms with E-state index in [0.717, 1.165) is 20.6 Å². The number of Topliss-reactive ketones (excluding diaryl/α,β-unsaturated/α-hetero) is 1. The Morgan fingerprint density at radius 3 is 2.62 bits per heavy atom. The number of aryl methyl sites for hydroxylation is 2. The predicted molar refractivity (Wildman–Crippen MR) is 109 cm³/mol. The number of carbonyl (C=O) groups excluding carboxylic acids is 1. The van der Waals surface area contributed by atoms with Crippen molar-refractivity contribution in [1.29, 1.82) is 0 Å². The van der Waals surface area contributed by atoms with Crippen LogP contribution < -0.4 is 5.32 Å². The Bertz CT molecular complexity index is 893. The third-order valence-electron chi connectivity index (χ3n) is 4.13. The molecule has 1 atom stereocenters. The number of nitrogens with zero attached hydrogens (tertiary/aromatic N) is 2. The molecule has 0 aliphatic heterocycles. The second kappa shape index (κ2) is 8.47. The van der Waals surface area contributed by atoms with E-state index in [0.29, 0.717) is 6.54 Å². The van der Waals surface area contributed by atoms with Gasteiger partial charge in [-0.25, -0.2) is 0 Å². The van der Waals surface area contributed by atoms with Crippen LogP contribution in [0, 0.1) is 13.8 Å². The van der Waals surface area contributed by atoms with E-state index < -0.39 is 0 Å². The summed E-state index contributed by atoms with van der Waals surface area (Å²) >= 11 is 2.93. The van der Waals surface area contributed by atoms with Gasteiger partial charge in [0.25, 0.3) is 0 Å². The molecule has 0 radical (unpaired) electrons. The smallest absolute Gasteiger partial charge is 0.206 e. The molecule has 1 aromatic heterocycles. The maximum Gasteiger partial charge on any atom is 0.206 e. The fourth-order valence-electron chi connectivity index (χ4n) is 2.44. The van der Waals surface area contributed by atoms with Crippen molar-refractivity contribution in [3.05, 3.63) is 70.8 Å². The minimum atomic E-state index is -0.202. The van der Waals surface area contributed by atoms with Crippen molar-refractivity contribution in [2.75, 3.05) is 5.32 Å². The average molecular weight is 384 g/mol. The highest BCUT2D eigenvalue weighted by atomic mass is 32.2. The number of rotatable bonds is 7. The fourth-order valence-corrected chi connectivity index (χ4v) is 4.41. The number of anilines is 1. The van der Waals surface area contributed by atoms with Gasteiger partial charge in [0.15, 0.2) is 10.1 Å². The summed E-state index contributed by atoms with van der Waals surface area (Å²) in [5, 5.41) is 12.2. The van der Waals surface area contributed by atoms with Crippen molar-refractivity contribution in [2.45, 2.75) is 36.9 Å². The monoisotopic (exact) mass is 383 g/mol. The first-order valence-electron chi connectivity index (χ1n) is 8.42. The maximum atomic E-state index is 12.7. The summed E-state index contributed by atoms with van der Waals surface area (Å²) in [7, 11) is 0. The van der Waals surface area contributed by atoms with Crippen molar-refractivity contribution in [1.82, 2.24) is 10.2 Å². The Hall–Kier alpha value is -2.18. The number of hydrogen-bond donors (Lipinski definition) is 1. The highest BCUT2D eigenvalue weighted by Gasteiger charge is 2.19. The molecule has 0 amide bonds. The van der Waals surface area contributed by atoms with E-state index in [1.165, 1.54) is 34.2 Å². The molecule has 0 unspecified atom stereocenters. The number of hydrogen-bond acceptors (Lipinski definition) is 6. The molecule has 0 aliphatic carbocycles. The normalized spacial score (nSPS) is 12.0. The molecule has 1 heterocycles. The van der Waals surface area contributed by atoms with Crippen LogP contribution in [0.25, 0.3) is 0 Å². The molecule has 0 spiro atoms. The van der Waals surface area contributed by atoms with Crippen molar-refractivity contribution in [2.24, 2.45) is 0 Å². The quantitative estimate of drug-likeness (QED) is 0.453. The van der Waals surface area contributed by atoms with E-state index in [1.807, 2.05) is 57.2 Å². The minimum Gasteiger partial charge on any atom is -0.356 e. The van der Waals surface area contributed by atoms with E-state index >= 15 is 0 Å². The molecule has 3 aromatic rings. The van der Waals surface area contributed by atoms with E-state index in [2.05, 4.69) is 27.6 Å². The van der Waals surface area contributed by atoms with Gasteiger partial charge in [0.2, 0.25) is 5.13 Å². The number of ketones is 1. The second-order valence-electron chi connectivity index (χ2n) is 6.14. The zero-order valence-electron chi connectivity index (χ0n) is 15.0. The highest BCUT2D eigenvalue weighted by Crippen LogP contribution is 2.30. The molecular formula is C20H21N3OS2. The summed E-state index contributed by atoms with van der Waals surface area (Å²) in [4.78, 5) is 12.7. The van der Waals surface area contributed by atoms with Gasteiger partial charge in [0.05, 0.1) is 5.25 Å². The Morgan fingerprint density at radius 1 is 1.12 bits per heavy atom. The SMILES string of the molecule is Cc1ccc(C(=O)[C@H](C)Sc2nnc(NCc3ccccc3)s2)cc1C. The van der Waals surface area contributed by atoms with Crippen LogP contribution in [0.4, 0.5) is 5.13 Å².